The van der Waals surface area contributed by atoms with Crippen LogP contribution in [0.5, 0.6) is 0 Å². The molecule has 0 saturated carbocycles. The van der Waals surface area contributed by atoms with Gasteiger partial charge in [-0.3, -0.25) is 9.78 Å². The van der Waals surface area contributed by atoms with E-state index in [2.05, 4.69) is 30.9 Å². The first-order chi connectivity index (χ1) is 15.6. The van der Waals surface area contributed by atoms with Crippen LogP contribution in [0.2, 0.25) is 0 Å². The Morgan fingerprint density at radius 1 is 1.12 bits per heavy atom. The Balaban J connectivity index is 1.85. The molecule has 9 nitrogen and oxygen atoms in total. The SMILES string of the molecule is CNC(=O)Nc1cnc2[nH]cc(-c3cncc(NC(C(=O)NCC(F)(F)F)C(C)C)c3)c2c1. The van der Waals surface area contributed by atoms with Crippen LogP contribution >= 0.6 is 0 Å². The average Bonchev–Trinajstić information content (AvgIpc) is 3.18. The third-order valence-electron chi connectivity index (χ3n) is 4.80. The molecule has 5 N–H and O–H groups in total. The summed E-state index contributed by atoms with van der Waals surface area (Å²) in [5.41, 5.74) is 2.99. The fourth-order valence-corrected chi connectivity index (χ4v) is 3.18. The lowest BCUT2D eigenvalue weighted by Crippen LogP contribution is -2.46. The summed E-state index contributed by atoms with van der Waals surface area (Å²) in [6, 6.07) is 2.22. The number of alkyl halides is 3. The summed E-state index contributed by atoms with van der Waals surface area (Å²) in [5, 5.41) is 10.7. The van der Waals surface area contributed by atoms with Crippen molar-refractivity contribution in [2.75, 3.05) is 24.2 Å². The molecule has 12 heteroatoms. The fourth-order valence-electron chi connectivity index (χ4n) is 3.18. The molecule has 0 aromatic carbocycles. The molecule has 3 amide bonds. The molecule has 3 rings (SSSR count). The zero-order valence-electron chi connectivity index (χ0n) is 18.2. The van der Waals surface area contributed by atoms with E-state index in [4.69, 9.17) is 0 Å². The minimum atomic E-state index is -4.49. The van der Waals surface area contributed by atoms with Gasteiger partial charge in [0.2, 0.25) is 5.91 Å². The zero-order chi connectivity index (χ0) is 24.2. The topological polar surface area (TPSA) is 124 Å². The maximum Gasteiger partial charge on any atom is 0.405 e. The number of H-pyrrole nitrogens is 1. The van der Waals surface area contributed by atoms with Gasteiger partial charge in [0.25, 0.3) is 0 Å². The maximum absolute atomic E-state index is 12.5. The summed E-state index contributed by atoms with van der Waals surface area (Å²) < 4.78 is 37.5. The Labute approximate surface area is 187 Å². The highest BCUT2D eigenvalue weighted by molar-refractivity contribution is 5.98. The molecule has 1 atom stereocenters. The van der Waals surface area contributed by atoms with Gasteiger partial charge in [-0.15, -0.1) is 0 Å². The number of aromatic nitrogens is 3. The van der Waals surface area contributed by atoms with Crippen LogP contribution < -0.4 is 21.3 Å². The lowest BCUT2D eigenvalue weighted by Gasteiger charge is -2.23. The number of carbonyl (C=O) groups excluding carboxylic acids is 2. The van der Waals surface area contributed by atoms with Crippen LogP contribution in [0.1, 0.15) is 13.8 Å². The molecular formula is C21H24F3N7O2. The monoisotopic (exact) mass is 463 g/mol. The number of nitrogens with zero attached hydrogens (tertiary/aromatic N) is 2. The van der Waals surface area contributed by atoms with Crippen molar-refractivity contribution < 1.29 is 22.8 Å². The predicted octanol–water partition coefficient (Wildman–Crippen LogP) is 3.49. The van der Waals surface area contributed by atoms with Gasteiger partial charge in [0.15, 0.2) is 0 Å². The van der Waals surface area contributed by atoms with Gasteiger partial charge >= 0.3 is 12.2 Å². The van der Waals surface area contributed by atoms with E-state index in [9.17, 15) is 22.8 Å². The highest BCUT2D eigenvalue weighted by Crippen LogP contribution is 2.30. The number of nitrogens with one attached hydrogen (secondary N) is 5. The molecule has 176 valence electrons. The standard InChI is InChI=1S/C21H24F3N7O2/c1-11(2)17(19(32)29-10-21(22,23)24)30-13-4-12(6-26-7-13)16-9-28-18-15(16)5-14(8-27-18)31-20(33)25-3/h4-9,11,17,30H,10H2,1-3H3,(H,27,28)(H,29,32)(H2,25,31,33). The summed E-state index contributed by atoms with van der Waals surface area (Å²) >= 11 is 0. The van der Waals surface area contributed by atoms with Gasteiger partial charge in [0.1, 0.15) is 18.2 Å². The number of fused-ring (bicyclic) bond motifs is 1. The number of hydrogen-bond acceptors (Lipinski definition) is 5. The number of amides is 3. The number of halogens is 3. The van der Waals surface area contributed by atoms with Gasteiger partial charge in [-0.25, -0.2) is 9.78 Å². The van der Waals surface area contributed by atoms with E-state index >= 15 is 0 Å². The quantitative estimate of drug-likeness (QED) is 0.367. The van der Waals surface area contributed by atoms with Crippen molar-refractivity contribution in [2.24, 2.45) is 5.92 Å². The third-order valence-corrected chi connectivity index (χ3v) is 4.80. The van der Waals surface area contributed by atoms with Gasteiger partial charge in [0, 0.05) is 42.2 Å². The number of aromatic amines is 1. The van der Waals surface area contributed by atoms with E-state index < -0.39 is 24.7 Å². The van der Waals surface area contributed by atoms with Crippen molar-refractivity contribution in [3.8, 4) is 11.1 Å². The van der Waals surface area contributed by atoms with Crippen LogP contribution in [0.3, 0.4) is 0 Å². The Bertz CT molecular complexity index is 1140. The molecule has 3 aromatic rings. The predicted molar refractivity (Wildman–Crippen MR) is 119 cm³/mol. The van der Waals surface area contributed by atoms with Crippen molar-refractivity contribution in [2.45, 2.75) is 26.1 Å². The average molecular weight is 463 g/mol. The van der Waals surface area contributed by atoms with Crippen molar-refractivity contribution in [3.63, 3.8) is 0 Å². The van der Waals surface area contributed by atoms with Gasteiger partial charge in [-0.2, -0.15) is 13.2 Å². The Morgan fingerprint density at radius 2 is 1.88 bits per heavy atom. The van der Waals surface area contributed by atoms with Gasteiger partial charge in [0.05, 0.1) is 17.6 Å². The van der Waals surface area contributed by atoms with Crippen molar-refractivity contribution in [3.05, 3.63) is 36.9 Å². The lowest BCUT2D eigenvalue weighted by molar-refractivity contribution is -0.139. The van der Waals surface area contributed by atoms with Crippen LogP contribution in [-0.2, 0) is 4.79 Å². The Morgan fingerprint density at radius 3 is 2.55 bits per heavy atom. The van der Waals surface area contributed by atoms with Gasteiger partial charge in [-0.1, -0.05) is 13.8 Å². The first-order valence-corrected chi connectivity index (χ1v) is 10.1. The molecule has 0 saturated heterocycles. The second-order valence-electron chi connectivity index (χ2n) is 7.69. The summed E-state index contributed by atoms with van der Waals surface area (Å²) in [6.07, 6.45) is 1.86. The molecule has 0 aliphatic carbocycles. The second-order valence-corrected chi connectivity index (χ2v) is 7.69. The molecule has 0 fully saturated rings. The number of rotatable bonds is 7. The van der Waals surface area contributed by atoms with Crippen molar-refractivity contribution in [1.29, 1.82) is 0 Å². The van der Waals surface area contributed by atoms with Crippen LogP contribution in [0.15, 0.2) is 36.9 Å². The molecule has 0 radical (unpaired) electrons. The highest BCUT2D eigenvalue weighted by Gasteiger charge is 2.30. The molecule has 0 aliphatic rings. The summed E-state index contributed by atoms with van der Waals surface area (Å²) in [7, 11) is 1.50. The number of hydrogen-bond donors (Lipinski definition) is 5. The molecule has 3 heterocycles. The Hall–Kier alpha value is -3.83. The lowest BCUT2D eigenvalue weighted by atomic mass is 10.0. The molecule has 1 unspecified atom stereocenters. The van der Waals surface area contributed by atoms with Crippen LogP contribution in [0.25, 0.3) is 22.2 Å². The molecule has 0 bridgehead atoms. The smallest absolute Gasteiger partial charge is 0.372 e. The third kappa shape index (κ3) is 6.11. The first-order valence-electron chi connectivity index (χ1n) is 10.1. The molecule has 3 aromatic heterocycles. The van der Waals surface area contributed by atoms with E-state index in [1.165, 1.54) is 19.4 Å². The van der Waals surface area contributed by atoms with Gasteiger partial charge < -0.3 is 26.3 Å². The maximum atomic E-state index is 12.5. The summed E-state index contributed by atoms with van der Waals surface area (Å²) in [5.74, 6) is -1.04. The summed E-state index contributed by atoms with van der Waals surface area (Å²) in [4.78, 5) is 35.5. The zero-order valence-corrected chi connectivity index (χ0v) is 18.2. The van der Waals surface area contributed by atoms with E-state index in [1.54, 1.807) is 38.4 Å². The number of anilines is 2. The van der Waals surface area contributed by atoms with E-state index in [0.29, 0.717) is 22.6 Å². The number of carbonyl (C=O) groups is 2. The van der Waals surface area contributed by atoms with Crippen molar-refractivity contribution >= 4 is 34.3 Å². The van der Waals surface area contributed by atoms with E-state index in [0.717, 1.165) is 10.9 Å². The Kier molecular flexibility index (Phi) is 7.04. The van der Waals surface area contributed by atoms with Crippen LogP contribution in [0.4, 0.5) is 29.3 Å². The minimum Gasteiger partial charge on any atom is -0.372 e. The largest absolute Gasteiger partial charge is 0.405 e. The van der Waals surface area contributed by atoms with E-state index in [-0.39, 0.29) is 11.9 Å². The first kappa shape index (κ1) is 23.8. The molecule has 0 aliphatic heterocycles. The van der Waals surface area contributed by atoms with Crippen molar-refractivity contribution in [1.82, 2.24) is 25.6 Å². The number of urea groups is 1. The van der Waals surface area contributed by atoms with Gasteiger partial charge in [-0.05, 0) is 18.1 Å². The summed E-state index contributed by atoms with van der Waals surface area (Å²) in [6.45, 7) is 2.06. The molecule has 33 heavy (non-hydrogen) atoms. The second kappa shape index (κ2) is 9.76. The van der Waals surface area contributed by atoms with Crippen LogP contribution in [0, 0.1) is 5.92 Å². The normalized spacial score (nSPS) is 12.5. The molecule has 0 spiro atoms. The molecular weight excluding hydrogens is 439 g/mol. The minimum absolute atomic E-state index is 0.280. The fraction of sp³-hybridized carbons (Fsp3) is 0.333. The number of pyridine rings is 2. The van der Waals surface area contributed by atoms with E-state index in [1.807, 2.05) is 5.32 Å². The van der Waals surface area contributed by atoms with Crippen LogP contribution in [-0.4, -0.2) is 52.7 Å². The highest BCUT2D eigenvalue weighted by atomic mass is 19.4.